The summed E-state index contributed by atoms with van der Waals surface area (Å²) in [6, 6.07) is 11.0. The predicted molar refractivity (Wildman–Crippen MR) is 91.8 cm³/mol. The van der Waals surface area contributed by atoms with Crippen LogP contribution in [-0.4, -0.2) is 22.6 Å². The summed E-state index contributed by atoms with van der Waals surface area (Å²) in [6.45, 7) is 5.45. The molecule has 22 heavy (non-hydrogen) atoms. The lowest BCUT2D eigenvalue weighted by Gasteiger charge is -2.36. The molecule has 1 aromatic heterocycles. The summed E-state index contributed by atoms with van der Waals surface area (Å²) in [4.78, 5) is 11.3. The van der Waals surface area contributed by atoms with Gasteiger partial charge in [0.05, 0.1) is 0 Å². The Bertz CT molecular complexity index is 626. The smallest absolute Gasteiger partial charge is 0.135 e. The molecule has 1 aromatic carbocycles. The summed E-state index contributed by atoms with van der Waals surface area (Å²) >= 11 is 0. The van der Waals surface area contributed by atoms with Crippen molar-refractivity contribution in [2.75, 3.05) is 16.8 Å². The third-order valence-corrected chi connectivity index (χ3v) is 4.34. The SMILES string of the molecule is CCC1CCCCN1c1cc(Nc2cccc(C)c2)ncn1. The zero-order valence-electron chi connectivity index (χ0n) is 13.4. The van der Waals surface area contributed by atoms with Crippen LogP contribution in [0.2, 0.25) is 0 Å². The van der Waals surface area contributed by atoms with Crippen molar-refractivity contribution in [2.24, 2.45) is 0 Å². The van der Waals surface area contributed by atoms with Crippen LogP contribution in [0, 0.1) is 6.92 Å². The van der Waals surface area contributed by atoms with Crippen LogP contribution in [0.25, 0.3) is 0 Å². The van der Waals surface area contributed by atoms with E-state index in [2.05, 4.69) is 64.4 Å². The van der Waals surface area contributed by atoms with Gasteiger partial charge in [-0.1, -0.05) is 19.1 Å². The first-order valence-electron chi connectivity index (χ1n) is 8.18. The van der Waals surface area contributed by atoms with Crippen LogP contribution < -0.4 is 10.2 Å². The van der Waals surface area contributed by atoms with Crippen molar-refractivity contribution in [3.63, 3.8) is 0 Å². The van der Waals surface area contributed by atoms with Gasteiger partial charge in [0.2, 0.25) is 0 Å². The Labute approximate surface area is 132 Å². The number of aryl methyl sites for hydroxylation is 1. The number of benzene rings is 1. The Morgan fingerprint density at radius 1 is 1.23 bits per heavy atom. The molecule has 0 spiro atoms. The van der Waals surface area contributed by atoms with Crippen LogP contribution in [0.1, 0.15) is 38.2 Å². The molecule has 0 amide bonds. The molecule has 1 aliphatic rings. The van der Waals surface area contributed by atoms with Gasteiger partial charge < -0.3 is 10.2 Å². The molecule has 2 heterocycles. The van der Waals surface area contributed by atoms with Crippen LogP contribution in [0.5, 0.6) is 0 Å². The van der Waals surface area contributed by atoms with E-state index in [1.165, 1.54) is 31.2 Å². The molecule has 1 atom stereocenters. The lowest BCUT2D eigenvalue weighted by atomic mass is 10.0. The summed E-state index contributed by atoms with van der Waals surface area (Å²) in [7, 11) is 0. The molecular formula is C18H24N4. The van der Waals surface area contributed by atoms with E-state index in [4.69, 9.17) is 0 Å². The van der Waals surface area contributed by atoms with E-state index < -0.39 is 0 Å². The van der Waals surface area contributed by atoms with Gasteiger partial charge in [0.15, 0.2) is 0 Å². The van der Waals surface area contributed by atoms with Crippen molar-refractivity contribution in [3.8, 4) is 0 Å². The van der Waals surface area contributed by atoms with Crippen molar-refractivity contribution in [3.05, 3.63) is 42.2 Å². The van der Waals surface area contributed by atoms with Crippen molar-refractivity contribution in [2.45, 2.75) is 45.6 Å². The maximum absolute atomic E-state index is 4.50. The van der Waals surface area contributed by atoms with Crippen LogP contribution in [0.15, 0.2) is 36.7 Å². The summed E-state index contributed by atoms with van der Waals surface area (Å²) < 4.78 is 0. The maximum Gasteiger partial charge on any atom is 0.135 e. The van der Waals surface area contributed by atoms with Crippen LogP contribution in [0.4, 0.5) is 17.3 Å². The molecule has 4 nitrogen and oxygen atoms in total. The fraction of sp³-hybridized carbons (Fsp3) is 0.444. The molecule has 0 bridgehead atoms. The molecule has 1 aliphatic heterocycles. The molecule has 1 unspecified atom stereocenters. The van der Waals surface area contributed by atoms with Crippen LogP contribution in [-0.2, 0) is 0 Å². The molecule has 2 aromatic rings. The number of aromatic nitrogens is 2. The van der Waals surface area contributed by atoms with Gasteiger partial charge >= 0.3 is 0 Å². The minimum atomic E-state index is 0.607. The average molecular weight is 296 g/mol. The number of nitrogens with zero attached hydrogens (tertiary/aromatic N) is 3. The molecule has 1 saturated heterocycles. The number of rotatable bonds is 4. The van der Waals surface area contributed by atoms with Crippen molar-refractivity contribution < 1.29 is 0 Å². The topological polar surface area (TPSA) is 41.0 Å². The van der Waals surface area contributed by atoms with Crippen LogP contribution >= 0.6 is 0 Å². The third-order valence-electron chi connectivity index (χ3n) is 4.34. The highest BCUT2D eigenvalue weighted by atomic mass is 15.2. The molecule has 0 aliphatic carbocycles. The van der Waals surface area contributed by atoms with Gasteiger partial charge in [-0.3, -0.25) is 0 Å². The summed E-state index contributed by atoms with van der Waals surface area (Å²) in [6.07, 6.45) is 6.68. The summed E-state index contributed by atoms with van der Waals surface area (Å²) in [5, 5.41) is 3.38. The Morgan fingerprint density at radius 3 is 2.95 bits per heavy atom. The van der Waals surface area contributed by atoms with Crippen LogP contribution in [0.3, 0.4) is 0 Å². The predicted octanol–water partition coefficient (Wildman–Crippen LogP) is 4.30. The second kappa shape index (κ2) is 6.77. The van der Waals surface area contributed by atoms with E-state index in [1.54, 1.807) is 6.33 Å². The Balaban J connectivity index is 1.80. The first kappa shape index (κ1) is 14.8. The molecular weight excluding hydrogens is 272 g/mol. The van der Waals surface area contributed by atoms with E-state index in [0.717, 1.165) is 23.9 Å². The summed E-state index contributed by atoms with van der Waals surface area (Å²) in [5.74, 6) is 1.90. The zero-order valence-corrected chi connectivity index (χ0v) is 13.4. The molecule has 1 fully saturated rings. The van der Waals surface area contributed by atoms with Gasteiger partial charge in [0, 0.05) is 24.3 Å². The highest BCUT2D eigenvalue weighted by Gasteiger charge is 2.22. The molecule has 4 heteroatoms. The Morgan fingerprint density at radius 2 is 2.14 bits per heavy atom. The van der Waals surface area contributed by atoms with Crippen molar-refractivity contribution in [1.29, 1.82) is 0 Å². The highest BCUT2D eigenvalue weighted by Crippen LogP contribution is 2.26. The lowest BCUT2D eigenvalue weighted by molar-refractivity contribution is 0.446. The first-order chi connectivity index (χ1) is 10.8. The fourth-order valence-corrected chi connectivity index (χ4v) is 3.17. The normalized spacial score (nSPS) is 18.3. The van der Waals surface area contributed by atoms with E-state index >= 15 is 0 Å². The minimum Gasteiger partial charge on any atom is -0.353 e. The standard InChI is InChI=1S/C18H24N4/c1-3-16-9-4-5-10-22(16)18-12-17(19-13-20-18)21-15-8-6-7-14(2)11-15/h6-8,11-13,16H,3-5,9-10H2,1-2H3,(H,19,20,21). The number of hydrogen-bond donors (Lipinski definition) is 1. The number of nitrogens with one attached hydrogen (secondary N) is 1. The van der Waals surface area contributed by atoms with Gasteiger partial charge in [0.25, 0.3) is 0 Å². The van der Waals surface area contributed by atoms with Gasteiger partial charge in [0.1, 0.15) is 18.0 Å². The Kier molecular flexibility index (Phi) is 4.56. The number of anilines is 3. The minimum absolute atomic E-state index is 0.607. The monoisotopic (exact) mass is 296 g/mol. The van der Waals surface area contributed by atoms with Gasteiger partial charge in [-0.2, -0.15) is 0 Å². The van der Waals surface area contributed by atoms with E-state index in [0.29, 0.717) is 6.04 Å². The van der Waals surface area contributed by atoms with Crippen molar-refractivity contribution >= 4 is 17.3 Å². The maximum atomic E-state index is 4.50. The number of hydrogen-bond acceptors (Lipinski definition) is 4. The van der Waals surface area contributed by atoms with Crippen molar-refractivity contribution in [1.82, 2.24) is 9.97 Å². The molecule has 3 rings (SSSR count). The molecule has 116 valence electrons. The molecule has 1 N–H and O–H groups in total. The first-order valence-corrected chi connectivity index (χ1v) is 8.18. The quantitative estimate of drug-likeness (QED) is 0.913. The van der Waals surface area contributed by atoms with Gasteiger partial charge in [-0.15, -0.1) is 0 Å². The largest absolute Gasteiger partial charge is 0.353 e. The summed E-state index contributed by atoms with van der Waals surface area (Å²) in [5.41, 5.74) is 2.30. The Hall–Kier alpha value is -2.10. The zero-order chi connectivity index (χ0) is 15.4. The van der Waals surface area contributed by atoms with Gasteiger partial charge in [-0.05, 0) is 50.3 Å². The second-order valence-corrected chi connectivity index (χ2v) is 6.01. The molecule has 0 saturated carbocycles. The molecule has 0 radical (unpaired) electrons. The van der Waals surface area contributed by atoms with E-state index in [1.807, 2.05) is 0 Å². The second-order valence-electron chi connectivity index (χ2n) is 6.01. The van der Waals surface area contributed by atoms with Gasteiger partial charge in [-0.25, -0.2) is 9.97 Å². The fourth-order valence-electron chi connectivity index (χ4n) is 3.17. The number of piperidine rings is 1. The average Bonchev–Trinajstić information content (AvgIpc) is 2.55. The van der Waals surface area contributed by atoms with E-state index in [9.17, 15) is 0 Å². The highest BCUT2D eigenvalue weighted by molar-refractivity contribution is 5.60. The third kappa shape index (κ3) is 3.38. The van der Waals surface area contributed by atoms with E-state index in [-0.39, 0.29) is 0 Å². The lowest BCUT2D eigenvalue weighted by Crippen LogP contribution is -2.39.